The van der Waals surface area contributed by atoms with Gasteiger partial charge in [0.1, 0.15) is 5.65 Å². The average molecular weight is 530 g/mol. The second-order valence-corrected chi connectivity index (χ2v) is 11.9. The van der Waals surface area contributed by atoms with Crippen LogP contribution in [0.2, 0.25) is 0 Å². The van der Waals surface area contributed by atoms with Crippen LogP contribution < -0.4 is 14.5 Å². The quantitative estimate of drug-likeness (QED) is 0.387. The van der Waals surface area contributed by atoms with E-state index in [1.807, 2.05) is 41.1 Å². The van der Waals surface area contributed by atoms with Crippen molar-refractivity contribution in [2.24, 2.45) is 0 Å². The van der Waals surface area contributed by atoms with Gasteiger partial charge in [-0.1, -0.05) is 24.3 Å². The van der Waals surface area contributed by atoms with E-state index in [1.165, 1.54) is 21.9 Å². The number of sulfonamides is 1. The van der Waals surface area contributed by atoms with Crippen LogP contribution in [0, 0.1) is 0 Å². The lowest BCUT2D eigenvalue weighted by atomic mass is 10.2. The number of anilines is 4. The molecule has 10 heteroatoms. The first-order valence-corrected chi connectivity index (χ1v) is 14.6. The maximum absolute atomic E-state index is 12.2. The summed E-state index contributed by atoms with van der Waals surface area (Å²) in [6.07, 6.45) is 8.48. The molecule has 196 valence electrons. The van der Waals surface area contributed by atoms with Gasteiger partial charge in [-0.2, -0.15) is 4.98 Å². The van der Waals surface area contributed by atoms with Gasteiger partial charge in [0.05, 0.1) is 25.0 Å². The first-order chi connectivity index (χ1) is 18.3. The van der Waals surface area contributed by atoms with Crippen molar-refractivity contribution in [2.75, 3.05) is 54.0 Å². The highest BCUT2D eigenvalue weighted by Gasteiger charge is 2.23. The number of hydrogen-bond acceptors (Lipinski definition) is 7. The number of fused-ring (bicyclic) bond motifs is 2. The smallest absolute Gasteiger partial charge is 0.232 e. The van der Waals surface area contributed by atoms with Gasteiger partial charge < -0.3 is 19.7 Å². The number of rotatable bonds is 7. The molecule has 0 bridgehead atoms. The summed E-state index contributed by atoms with van der Waals surface area (Å²) in [6, 6.07) is 17.9. The molecule has 9 nitrogen and oxygen atoms in total. The minimum atomic E-state index is -3.37. The molecule has 0 spiro atoms. The van der Waals surface area contributed by atoms with Crippen LogP contribution in [0.15, 0.2) is 78.8 Å². The summed E-state index contributed by atoms with van der Waals surface area (Å²) in [5.41, 5.74) is 5.88. The Kier molecular flexibility index (Phi) is 6.19. The van der Waals surface area contributed by atoms with Crippen LogP contribution in [-0.2, 0) is 16.6 Å². The monoisotopic (exact) mass is 529 g/mol. The summed E-state index contributed by atoms with van der Waals surface area (Å²) in [5, 5.41) is 4.25. The molecule has 0 radical (unpaired) electrons. The second-order valence-electron chi connectivity index (χ2n) is 9.84. The van der Waals surface area contributed by atoms with Gasteiger partial charge in [-0.3, -0.25) is 4.31 Å². The molecular formula is C28H31N7O2S. The number of piperazine rings is 1. The van der Waals surface area contributed by atoms with Crippen LogP contribution in [0.1, 0.15) is 12.0 Å². The highest BCUT2D eigenvalue weighted by Crippen LogP contribution is 2.27. The summed E-state index contributed by atoms with van der Waals surface area (Å²) in [7, 11) is -1.80. The van der Waals surface area contributed by atoms with E-state index < -0.39 is 10.0 Å². The van der Waals surface area contributed by atoms with Crippen LogP contribution in [0.5, 0.6) is 0 Å². The van der Waals surface area contributed by atoms with Gasteiger partial charge in [0.15, 0.2) is 0 Å². The average Bonchev–Trinajstić information content (AvgIpc) is 3.55. The molecule has 0 atom stereocenters. The Morgan fingerprint density at radius 3 is 2.61 bits per heavy atom. The number of para-hydroxylation sites is 1. The Bertz CT molecular complexity index is 1610. The van der Waals surface area contributed by atoms with Crippen molar-refractivity contribution in [1.29, 1.82) is 0 Å². The largest absolute Gasteiger partial charge is 0.372 e. The first kappa shape index (κ1) is 24.3. The Morgan fingerprint density at radius 2 is 1.79 bits per heavy atom. The Morgan fingerprint density at radius 1 is 1.00 bits per heavy atom. The van der Waals surface area contributed by atoms with E-state index in [0.717, 1.165) is 54.9 Å². The van der Waals surface area contributed by atoms with E-state index in [2.05, 4.69) is 50.4 Å². The topological polar surface area (TPSA) is 86.6 Å². The predicted molar refractivity (Wildman–Crippen MR) is 153 cm³/mol. The normalized spacial score (nSPS) is 15.5. The Balaban J connectivity index is 1.20. The lowest BCUT2D eigenvalue weighted by Crippen LogP contribution is -2.43. The molecule has 1 fully saturated rings. The molecule has 38 heavy (non-hydrogen) atoms. The molecule has 0 amide bonds. The minimum absolute atomic E-state index is 0.481. The summed E-state index contributed by atoms with van der Waals surface area (Å²) in [6.45, 7) is 4.71. The lowest BCUT2D eigenvalue weighted by Gasteiger charge is -2.37. The van der Waals surface area contributed by atoms with E-state index in [1.54, 1.807) is 13.2 Å². The van der Waals surface area contributed by atoms with Crippen LogP contribution in [0.3, 0.4) is 0 Å². The van der Waals surface area contributed by atoms with Gasteiger partial charge in [-0.25, -0.2) is 13.4 Å². The van der Waals surface area contributed by atoms with Gasteiger partial charge in [0.2, 0.25) is 16.0 Å². The van der Waals surface area contributed by atoms with Crippen LogP contribution in [-0.4, -0.2) is 67.3 Å². The zero-order valence-corrected chi connectivity index (χ0v) is 22.4. The number of benzene rings is 2. The third-order valence-electron chi connectivity index (χ3n) is 7.34. The molecule has 2 aromatic heterocycles. The van der Waals surface area contributed by atoms with Crippen molar-refractivity contribution < 1.29 is 8.42 Å². The molecule has 1 saturated heterocycles. The summed E-state index contributed by atoms with van der Waals surface area (Å²) in [5.74, 6) is 0.511. The van der Waals surface area contributed by atoms with Crippen molar-refractivity contribution in [3.8, 4) is 0 Å². The standard InChI is InChI=1S/C28H31N7O2S/c1-32(38(2,36)37)26-8-4-3-6-22(26)19-35-15-13-21-18-29-28(31-27(21)35)30-23-9-11-24(12-10-23)34-17-16-33-14-5-7-25(33)20-34/h3-4,6-13,15,18H,5,14,16-17,19-20H2,1-2H3,(H,29,30,31). The van der Waals surface area contributed by atoms with Crippen LogP contribution >= 0.6 is 0 Å². The maximum Gasteiger partial charge on any atom is 0.232 e. The third kappa shape index (κ3) is 4.79. The molecule has 2 aromatic carbocycles. The molecule has 2 aliphatic rings. The number of nitrogens with one attached hydrogen (secondary N) is 1. The molecule has 0 saturated carbocycles. The van der Waals surface area contributed by atoms with E-state index in [9.17, 15) is 8.42 Å². The third-order valence-corrected chi connectivity index (χ3v) is 8.53. The Hall–Kier alpha value is -4.05. The molecule has 4 heterocycles. The lowest BCUT2D eigenvalue weighted by molar-refractivity contribution is 0.348. The van der Waals surface area contributed by atoms with Gasteiger partial charge in [0.25, 0.3) is 0 Å². The van der Waals surface area contributed by atoms with Gasteiger partial charge in [-0.05, 0) is 48.4 Å². The molecule has 0 aliphatic carbocycles. The van der Waals surface area contributed by atoms with Gasteiger partial charge in [-0.15, -0.1) is 0 Å². The molecular weight excluding hydrogens is 498 g/mol. The van der Waals surface area contributed by atoms with Crippen LogP contribution in [0.25, 0.3) is 11.0 Å². The maximum atomic E-state index is 12.2. The Labute approximate surface area is 223 Å². The highest BCUT2D eigenvalue weighted by molar-refractivity contribution is 7.92. The van der Waals surface area contributed by atoms with E-state index in [4.69, 9.17) is 4.98 Å². The summed E-state index contributed by atoms with van der Waals surface area (Å²) < 4.78 is 27.6. The predicted octanol–water partition coefficient (Wildman–Crippen LogP) is 4.03. The highest BCUT2D eigenvalue weighted by atomic mass is 32.2. The van der Waals surface area contributed by atoms with Gasteiger partial charge in [0, 0.05) is 61.5 Å². The molecule has 1 N–H and O–H groups in total. The number of aromatic nitrogens is 3. The zero-order chi connectivity index (χ0) is 26.3. The van der Waals surface area contributed by atoms with Gasteiger partial charge >= 0.3 is 0 Å². The fraction of sp³-hybridized carbons (Fsp3) is 0.286. The molecule has 4 aromatic rings. The minimum Gasteiger partial charge on any atom is -0.372 e. The number of nitrogens with zero attached hydrogens (tertiary/aromatic N) is 6. The van der Waals surface area contributed by atoms with E-state index in [-0.39, 0.29) is 0 Å². The number of hydrogen-bond donors (Lipinski definition) is 1. The SMILES string of the molecule is CN(c1ccccc1Cn1ccc2cnc(Nc3ccc(N4CCN5CCC=C5C4)cc3)nc21)S(C)(=O)=O. The van der Waals surface area contributed by atoms with Crippen molar-refractivity contribution in [3.05, 3.63) is 84.3 Å². The first-order valence-electron chi connectivity index (χ1n) is 12.7. The second kappa shape index (κ2) is 9.68. The zero-order valence-electron chi connectivity index (χ0n) is 21.6. The summed E-state index contributed by atoms with van der Waals surface area (Å²) >= 11 is 0. The van der Waals surface area contributed by atoms with Crippen molar-refractivity contribution >= 4 is 44.1 Å². The van der Waals surface area contributed by atoms with Crippen LogP contribution in [0.4, 0.5) is 23.0 Å². The molecule has 6 rings (SSSR count). The van der Waals surface area contributed by atoms with Crippen molar-refractivity contribution in [2.45, 2.75) is 13.0 Å². The fourth-order valence-electron chi connectivity index (χ4n) is 5.17. The van der Waals surface area contributed by atoms with E-state index in [0.29, 0.717) is 18.2 Å². The van der Waals surface area contributed by atoms with Crippen molar-refractivity contribution in [1.82, 2.24) is 19.4 Å². The van der Waals surface area contributed by atoms with Crippen molar-refractivity contribution in [3.63, 3.8) is 0 Å². The molecule has 2 aliphatic heterocycles. The van der Waals surface area contributed by atoms with E-state index >= 15 is 0 Å². The summed E-state index contributed by atoms with van der Waals surface area (Å²) in [4.78, 5) is 14.2. The molecule has 0 unspecified atom stereocenters. The fourth-order valence-corrected chi connectivity index (χ4v) is 5.71.